The summed E-state index contributed by atoms with van der Waals surface area (Å²) in [4.78, 5) is 11.5. The first-order valence-electron chi connectivity index (χ1n) is 7.17. The molecule has 0 N–H and O–H groups in total. The number of halogens is 2. The van der Waals surface area contributed by atoms with Gasteiger partial charge in [-0.25, -0.2) is 0 Å². The third-order valence-electron chi connectivity index (χ3n) is 3.88. The van der Waals surface area contributed by atoms with E-state index in [1.165, 1.54) is 7.11 Å². The maximum atomic E-state index is 11.5. The number of methoxy groups -OCH3 is 1. The van der Waals surface area contributed by atoms with Crippen LogP contribution in [0.2, 0.25) is 10.0 Å². The van der Waals surface area contributed by atoms with Crippen molar-refractivity contribution < 1.29 is 19.0 Å². The van der Waals surface area contributed by atoms with Gasteiger partial charge in [0, 0.05) is 12.8 Å². The van der Waals surface area contributed by atoms with Crippen molar-refractivity contribution in [3.8, 4) is 6.07 Å². The molecule has 1 atom stereocenters. The van der Waals surface area contributed by atoms with Crippen LogP contribution < -0.4 is 0 Å². The van der Waals surface area contributed by atoms with E-state index in [1.807, 2.05) is 0 Å². The molecule has 0 aliphatic carbocycles. The van der Waals surface area contributed by atoms with Gasteiger partial charge in [-0.3, -0.25) is 4.79 Å². The molecule has 1 aromatic rings. The van der Waals surface area contributed by atoms with Gasteiger partial charge in [-0.1, -0.05) is 29.3 Å². The Morgan fingerprint density at radius 3 is 2.65 bits per heavy atom. The highest BCUT2D eigenvalue weighted by Gasteiger charge is 2.38. The second-order valence-corrected chi connectivity index (χ2v) is 6.09. The molecule has 1 unspecified atom stereocenters. The Morgan fingerprint density at radius 1 is 1.39 bits per heavy atom. The molecular formula is C16H17Cl2NO4. The first-order valence-corrected chi connectivity index (χ1v) is 7.93. The Labute approximate surface area is 145 Å². The molecule has 1 saturated heterocycles. The quantitative estimate of drug-likeness (QED) is 0.729. The molecule has 1 aliphatic heterocycles. The lowest BCUT2D eigenvalue weighted by Crippen LogP contribution is -2.31. The number of nitriles is 1. The number of ether oxygens (including phenoxy) is 3. The van der Waals surface area contributed by atoms with E-state index >= 15 is 0 Å². The molecule has 0 bridgehead atoms. The minimum atomic E-state index is -0.975. The van der Waals surface area contributed by atoms with Crippen LogP contribution in [0, 0.1) is 11.3 Å². The normalized spacial score (nSPS) is 17.5. The van der Waals surface area contributed by atoms with Crippen molar-refractivity contribution in [3.63, 3.8) is 0 Å². The lowest BCUT2D eigenvalue weighted by molar-refractivity contribution is -0.141. The summed E-state index contributed by atoms with van der Waals surface area (Å²) in [7, 11) is 1.32. The molecule has 0 amide bonds. The lowest BCUT2D eigenvalue weighted by atomic mass is 9.75. The van der Waals surface area contributed by atoms with Crippen LogP contribution in [-0.4, -0.2) is 32.6 Å². The Hall–Kier alpha value is -1.32. The Bertz CT molecular complexity index is 611. The van der Waals surface area contributed by atoms with E-state index in [0.717, 1.165) is 0 Å². The summed E-state index contributed by atoms with van der Waals surface area (Å²) in [6.07, 6.45) is 0.203. The highest BCUT2D eigenvalue weighted by atomic mass is 35.5. The molecule has 2 rings (SSSR count). The molecule has 0 radical (unpaired) electrons. The predicted molar refractivity (Wildman–Crippen MR) is 85.3 cm³/mol. The zero-order chi connectivity index (χ0) is 16.9. The van der Waals surface area contributed by atoms with Gasteiger partial charge in [-0.15, -0.1) is 0 Å². The van der Waals surface area contributed by atoms with Crippen LogP contribution in [0.15, 0.2) is 18.2 Å². The largest absolute Gasteiger partial charge is 0.469 e. The van der Waals surface area contributed by atoms with Gasteiger partial charge < -0.3 is 14.2 Å². The van der Waals surface area contributed by atoms with Gasteiger partial charge in [-0.2, -0.15) is 5.26 Å². The van der Waals surface area contributed by atoms with Crippen LogP contribution >= 0.6 is 23.2 Å². The third-order valence-corrected chi connectivity index (χ3v) is 4.61. The van der Waals surface area contributed by atoms with E-state index in [1.54, 1.807) is 18.2 Å². The SMILES string of the molecule is COC(=O)CCC(C#N)(CC1OCCO1)c1ccc(Cl)c(Cl)c1. The molecular weight excluding hydrogens is 341 g/mol. The lowest BCUT2D eigenvalue weighted by Gasteiger charge is -2.29. The van der Waals surface area contributed by atoms with Crippen LogP contribution in [0.5, 0.6) is 0 Å². The molecule has 0 spiro atoms. The van der Waals surface area contributed by atoms with E-state index in [2.05, 4.69) is 10.8 Å². The van der Waals surface area contributed by atoms with Crippen LogP contribution in [0.3, 0.4) is 0 Å². The summed E-state index contributed by atoms with van der Waals surface area (Å²) < 4.78 is 15.6. The summed E-state index contributed by atoms with van der Waals surface area (Å²) in [6, 6.07) is 7.35. The Morgan fingerprint density at radius 2 is 2.09 bits per heavy atom. The molecule has 124 valence electrons. The second-order valence-electron chi connectivity index (χ2n) is 5.27. The monoisotopic (exact) mass is 357 g/mol. The average molecular weight is 358 g/mol. The number of carbonyl (C=O) groups excluding carboxylic acids is 1. The minimum Gasteiger partial charge on any atom is -0.469 e. The van der Waals surface area contributed by atoms with Crippen LogP contribution in [0.25, 0.3) is 0 Å². The van der Waals surface area contributed by atoms with Gasteiger partial charge in [-0.05, 0) is 24.1 Å². The molecule has 23 heavy (non-hydrogen) atoms. The van der Waals surface area contributed by atoms with Crippen molar-refractivity contribution >= 4 is 29.2 Å². The Kier molecular flexibility index (Phi) is 6.25. The fraction of sp³-hybridized carbons (Fsp3) is 0.500. The predicted octanol–water partition coefficient (Wildman–Crippen LogP) is 3.47. The van der Waals surface area contributed by atoms with Gasteiger partial charge in [0.2, 0.25) is 0 Å². The van der Waals surface area contributed by atoms with Gasteiger partial charge in [0.15, 0.2) is 6.29 Å². The molecule has 1 fully saturated rings. The summed E-state index contributed by atoms with van der Waals surface area (Å²) in [5, 5.41) is 10.6. The number of nitrogens with zero attached hydrogens (tertiary/aromatic N) is 1. The standard InChI is InChI=1S/C16H17Cl2NO4/c1-21-14(20)4-5-16(10-19,9-15-22-6-7-23-15)11-2-3-12(17)13(18)8-11/h2-3,8,15H,4-7,9H2,1H3. The zero-order valence-electron chi connectivity index (χ0n) is 12.7. The van der Waals surface area contributed by atoms with Crippen molar-refractivity contribution in [2.45, 2.75) is 31.0 Å². The zero-order valence-corrected chi connectivity index (χ0v) is 14.2. The molecule has 1 heterocycles. The van der Waals surface area contributed by atoms with Crippen LogP contribution in [0.4, 0.5) is 0 Å². The van der Waals surface area contributed by atoms with Gasteiger partial charge >= 0.3 is 5.97 Å². The van der Waals surface area contributed by atoms with Gasteiger partial charge in [0.05, 0.1) is 41.9 Å². The summed E-state index contributed by atoms with van der Waals surface area (Å²) in [6.45, 7) is 0.981. The topological polar surface area (TPSA) is 68.6 Å². The first-order chi connectivity index (χ1) is 11.0. The third kappa shape index (κ3) is 4.36. The fourth-order valence-electron chi connectivity index (χ4n) is 2.55. The van der Waals surface area contributed by atoms with E-state index in [9.17, 15) is 10.1 Å². The number of esters is 1. The van der Waals surface area contributed by atoms with E-state index in [0.29, 0.717) is 35.2 Å². The smallest absolute Gasteiger partial charge is 0.305 e. The molecule has 0 aromatic heterocycles. The molecule has 5 nitrogen and oxygen atoms in total. The fourth-order valence-corrected chi connectivity index (χ4v) is 2.85. The van der Waals surface area contributed by atoms with Crippen molar-refractivity contribution in [2.75, 3.05) is 20.3 Å². The Balaban J connectivity index is 2.32. The number of hydrogen-bond donors (Lipinski definition) is 0. The summed E-state index contributed by atoms with van der Waals surface area (Å²) >= 11 is 12.0. The van der Waals surface area contributed by atoms with Crippen molar-refractivity contribution in [3.05, 3.63) is 33.8 Å². The number of carbonyl (C=O) groups is 1. The number of rotatable bonds is 6. The van der Waals surface area contributed by atoms with Crippen molar-refractivity contribution in [1.82, 2.24) is 0 Å². The van der Waals surface area contributed by atoms with Crippen LogP contribution in [0.1, 0.15) is 24.8 Å². The van der Waals surface area contributed by atoms with Crippen LogP contribution in [-0.2, 0) is 24.4 Å². The maximum Gasteiger partial charge on any atom is 0.305 e. The van der Waals surface area contributed by atoms with Crippen molar-refractivity contribution in [1.29, 1.82) is 5.26 Å². The van der Waals surface area contributed by atoms with E-state index in [4.69, 9.17) is 32.7 Å². The summed E-state index contributed by atoms with van der Waals surface area (Å²) in [5.74, 6) is -0.377. The highest BCUT2D eigenvalue weighted by molar-refractivity contribution is 6.42. The molecule has 1 aliphatic rings. The number of hydrogen-bond acceptors (Lipinski definition) is 5. The number of benzene rings is 1. The second kappa shape index (κ2) is 7.98. The highest BCUT2D eigenvalue weighted by Crippen LogP contribution is 2.38. The summed E-state index contributed by atoms with van der Waals surface area (Å²) in [5.41, 5.74) is -0.297. The average Bonchev–Trinajstić information content (AvgIpc) is 3.06. The molecule has 7 heteroatoms. The van der Waals surface area contributed by atoms with E-state index in [-0.39, 0.29) is 18.8 Å². The van der Waals surface area contributed by atoms with Gasteiger partial charge in [0.25, 0.3) is 0 Å². The maximum absolute atomic E-state index is 11.5. The first kappa shape index (κ1) is 18.0. The molecule has 0 saturated carbocycles. The van der Waals surface area contributed by atoms with Gasteiger partial charge in [0.1, 0.15) is 0 Å². The van der Waals surface area contributed by atoms with Crippen molar-refractivity contribution in [2.24, 2.45) is 0 Å². The molecule has 1 aromatic carbocycles. The minimum absolute atomic E-state index is 0.108. The van der Waals surface area contributed by atoms with E-state index < -0.39 is 11.7 Å².